The van der Waals surface area contributed by atoms with Gasteiger partial charge in [-0.2, -0.15) is 0 Å². The number of rotatable bonds is 4. The van der Waals surface area contributed by atoms with Crippen molar-refractivity contribution in [2.45, 2.75) is 6.54 Å². The van der Waals surface area contributed by atoms with Crippen LogP contribution in [0, 0.1) is 0 Å². The first kappa shape index (κ1) is 13.1. The van der Waals surface area contributed by atoms with Gasteiger partial charge in [0.2, 0.25) is 5.88 Å². The van der Waals surface area contributed by atoms with Gasteiger partial charge in [-0.3, -0.25) is 0 Å². The zero-order valence-electron chi connectivity index (χ0n) is 9.78. The second-order valence-corrected chi connectivity index (χ2v) is 4.52. The van der Waals surface area contributed by atoms with E-state index in [0.29, 0.717) is 22.5 Å². The molecule has 0 saturated carbocycles. The number of pyridine rings is 1. The van der Waals surface area contributed by atoms with Crippen molar-refractivity contribution in [1.29, 1.82) is 0 Å². The molecule has 1 N–H and O–H groups in total. The van der Waals surface area contributed by atoms with Crippen molar-refractivity contribution in [3.05, 3.63) is 52.1 Å². The molecule has 0 amide bonds. The van der Waals surface area contributed by atoms with Gasteiger partial charge in [0.15, 0.2) is 0 Å². The average Bonchev–Trinajstić information content (AvgIpc) is 2.35. The van der Waals surface area contributed by atoms with Crippen LogP contribution in [0.1, 0.15) is 5.56 Å². The third-order valence-corrected chi connectivity index (χ3v) is 2.80. The highest BCUT2D eigenvalue weighted by molar-refractivity contribution is 6.35. The molecule has 0 bridgehead atoms. The topological polar surface area (TPSA) is 34.1 Å². The zero-order chi connectivity index (χ0) is 13.0. The Balaban J connectivity index is 2.28. The van der Waals surface area contributed by atoms with Crippen LogP contribution < -0.4 is 10.1 Å². The number of halogens is 2. The van der Waals surface area contributed by atoms with Crippen molar-refractivity contribution in [3.8, 4) is 11.6 Å². The Morgan fingerprint density at radius 3 is 2.78 bits per heavy atom. The minimum atomic E-state index is 0.351. The first-order valence-corrected chi connectivity index (χ1v) is 6.17. The summed E-state index contributed by atoms with van der Waals surface area (Å²) < 4.78 is 5.71. The van der Waals surface area contributed by atoms with Crippen LogP contribution in [0.25, 0.3) is 0 Å². The largest absolute Gasteiger partial charge is 0.437 e. The highest BCUT2D eigenvalue weighted by Gasteiger charge is 2.08. The number of hydrogen-bond donors (Lipinski definition) is 1. The first-order chi connectivity index (χ1) is 8.70. The molecule has 1 aromatic carbocycles. The molecule has 0 unspecified atom stereocenters. The van der Waals surface area contributed by atoms with E-state index in [1.807, 2.05) is 31.3 Å². The van der Waals surface area contributed by atoms with Crippen LogP contribution in [-0.4, -0.2) is 12.0 Å². The number of nitrogens with zero attached hydrogens (tertiary/aromatic N) is 1. The van der Waals surface area contributed by atoms with Crippen molar-refractivity contribution >= 4 is 23.2 Å². The minimum Gasteiger partial charge on any atom is -0.437 e. The summed E-state index contributed by atoms with van der Waals surface area (Å²) in [5, 5.41) is 3.95. The molecule has 94 valence electrons. The molecule has 3 nitrogen and oxygen atoms in total. The lowest BCUT2D eigenvalue weighted by Crippen LogP contribution is -2.06. The fraction of sp³-hybridized carbons (Fsp3) is 0.154. The summed E-state index contributed by atoms with van der Waals surface area (Å²) in [6.45, 7) is 0.710. The van der Waals surface area contributed by atoms with Crippen molar-refractivity contribution in [1.82, 2.24) is 10.3 Å². The van der Waals surface area contributed by atoms with E-state index in [1.54, 1.807) is 6.07 Å². The van der Waals surface area contributed by atoms with Crippen LogP contribution in [-0.2, 0) is 6.54 Å². The second kappa shape index (κ2) is 6.05. The molecule has 0 radical (unpaired) electrons. The van der Waals surface area contributed by atoms with E-state index in [9.17, 15) is 0 Å². The molecular weight excluding hydrogens is 271 g/mol. The number of benzene rings is 1. The molecule has 0 aliphatic carbocycles. The van der Waals surface area contributed by atoms with E-state index < -0.39 is 0 Å². The lowest BCUT2D eigenvalue weighted by Gasteiger charge is -2.11. The molecular formula is C13H12Cl2N2O. The van der Waals surface area contributed by atoms with Gasteiger partial charge in [0.25, 0.3) is 0 Å². The maximum atomic E-state index is 6.02. The van der Waals surface area contributed by atoms with Crippen molar-refractivity contribution < 1.29 is 4.74 Å². The van der Waals surface area contributed by atoms with Gasteiger partial charge in [0.1, 0.15) is 10.8 Å². The summed E-state index contributed by atoms with van der Waals surface area (Å²) in [7, 11) is 1.88. The molecule has 2 aromatic rings. The molecule has 2 rings (SSSR count). The Labute approximate surface area is 116 Å². The van der Waals surface area contributed by atoms with Crippen molar-refractivity contribution in [2.24, 2.45) is 0 Å². The molecule has 0 saturated heterocycles. The highest BCUT2D eigenvalue weighted by atomic mass is 35.5. The summed E-state index contributed by atoms with van der Waals surface area (Å²) in [6.07, 6.45) is 1.50. The number of aromatic nitrogens is 1. The Morgan fingerprint density at radius 2 is 2.06 bits per heavy atom. The number of hydrogen-bond acceptors (Lipinski definition) is 3. The van der Waals surface area contributed by atoms with Crippen LogP contribution in [0.2, 0.25) is 10.0 Å². The highest BCUT2D eigenvalue weighted by Crippen LogP contribution is 2.30. The predicted octanol–water partition coefficient (Wildman–Crippen LogP) is 3.90. The van der Waals surface area contributed by atoms with Gasteiger partial charge < -0.3 is 10.1 Å². The van der Waals surface area contributed by atoms with Gasteiger partial charge >= 0.3 is 0 Å². The van der Waals surface area contributed by atoms with Crippen molar-refractivity contribution in [3.63, 3.8) is 0 Å². The van der Waals surface area contributed by atoms with Gasteiger partial charge in [-0.15, -0.1) is 0 Å². The number of ether oxygens (including phenoxy) is 1. The fourth-order valence-electron chi connectivity index (χ4n) is 1.52. The number of para-hydroxylation sites is 1. The molecule has 0 fully saturated rings. The molecule has 1 heterocycles. The quantitative estimate of drug-likeness (QED) is 0.924. The Hall–Kier alpha value is -1.29. The summed E-state index contributed by atoms with van der Waals surface area (Å²) in [5.74, 6) is 1.08. The lowest BCUT2D eigenvalue weighted by atomic mass is 10.2. The third-order valence-electron chi connectivity index (χ3n) is 2.32. The molecule has 5 heteroatoms. The van der Waals surface area contributed by atoms with Crippen LogP contribution >= 0.6 is 23.2 Å². The zero-order valence-corrected chi connectivity index (χ0v) is 11.3. The molecule has 0 aliphatic heterocycles. The van der Waals surface area contributed by atoms with E-state index in [-0.39, 0.29) is 0 Å². The second-order valence-electron chi connectivity index (χ2n) is 3.68. The maximum Gasteiger partial charge on any atom is 0.238 e. The number of nitrogens with one attached hydrogen (secondary N) is 1. The molecule has 1 aromatic heterocycles. The SMILES string of the molecule is CNCc1ccccc1Oc1ncc(Cl)cc1Cl. The molecule has 0 spiro atoms. The molecule has 0 atom stereocenters. The maximum absolute atomic E-state index is 6.02. The van der Waals surface area contributed by atoms with Crippen LogP contribution in [0.5, 0.6) is 11.6 Å². The first-order valence-electron chi connectivity index (χ1n) is 5.42. The average molecular weight is 283 g/mol. The molecule has 0 aliphatic rings. The Kier molecular flexibility index (Phi) is 4.42. The van der Waals surface area contributed by atoms with Gasteiger partial charge in [0, 0.05) is 18.3 Å². The lowest BCUT2D eigenvalue weighted by molar-refractivity contribution is 0.456. The predicted molar refractivity (Wildman–Crippen MR) is 73.5 cm³/mol. The third kappa shape index (κ3) is 3.13. The standard InChI is InChI=1S/C13H12Cl2N2O/c1-16-7-9-4-2-3-5-12(9)18-13-11(15)6-10(14)8-17-13/h2-6,8,16H,7H2,1H3. The minimum absolute atomic E-state index is 0.351. The van der Waals surface area contributed by atoms with Crippen LogP contribution in [0.3, 0.4) is 0 Å². The Bertz CT molecular complexity index is 546. The summed E-state index contributed by atoms with van der Waals surface area (Å²) in [6, 6.07) is 9.32. The van der Waals surface area contributed by atoms with Gasteiger partial charge in [-0.1, -0.05) is 41.4 Å². The van der Waals surface area contributed by atoms with E-state index in [4.69, 9.17) is 27.9 Å². The van der Waals surface area contributed by atoms with E-state index in [0.717, 1.165) is 11.3 Å². The van der Waals surface area contributed by atoms with Gasteiger partial charge in [0.05, 0.1) is 5.02 Å². The van der Waals surface area contributed by atoms with Gasteiger partial charge in [-0.05, 0) is 19.2 Å². The van der Waals surface area contributed by atoms with E-state index in [2.05, 4.69) is 10.3 Å². The summed E-state index contributed by atoms with van der Waals surface area (Å²) in [5.41, 5.74) is 1.04. The van der Waals surface area contributed by atoms with Crippen LogP contribution in [0.4, 0.5) is 0 Å². The van der Waals surface area contributed by atoms with Gasteiger partial charge in [-0.25, -0.2) is 4.98 Å². The van der Waals surface area contributed by atoms with E-state index >= 15 is 0 Å². The summed E-state index contributed by atoms with van der Waals surface area (Å²) in [4.78, 5) is 4.07. The van der Waals surface area contributed by atoms with E-state index in [1.165, 1.54) is 6.20 Å². The monoisotopic (exact) mass is 282 g/mol. The normalized spacial score (nSPS) is 10.4. The van der Waals surface area contributed by atoms with Crippen molar-refractivity contribution in [2.75, 3.05) is 7.05 Å². The smallest absolute Gasteiger partial charge is 0.238 e. The summed E-state index contributed by atoms with van der Waals surface area (Å²) >= 11 is 11.8. The Morgan fingerprint density at radius 1 is 1.28 bits per heavy atom. The van der Waals surface area contributed by atoms with Crippen LogP contribution in [0.15, 0.2) is 36.5 Å². The fourth-order valence-corrected chi connectivity index (χ4v) is 1.94. The molecule has 18 heavy (non-hydrogen) atoms.